The molecule has 5 nitrogen and oxygen atoms in total. The number of hydrogen-bond donors (Lipinski definition) is 1. The number of nitrogens with one attached hydrogen (secondary N) is 1. The van der Waals surface area contributed by atoms with Crippen LogP contribution in [-0.4, -0.2) is 36.6 Å². The molecule has 134 valence electrons. The molecule has 1 N–H and O–H groups in total. The number of hydrogen-bond acceptors (Lipinski definition) is 4. The van der Waals surface area contributed by atoms with Crippen molar-refractivity contribution in [3.8, 4) is 6.07 Å². The van der Waals surface area contributed by atoms with Gasteiger partial charge in [0.2, 0.25) is 0 Å². The Morgan fingerprint density at radius 2 is 2.08 bits per heavy atom. The van der Waals surface area contributed by atoms with Crippen LogP contribution < -0.4 is 5.32 Å². The zero-order valence-electron chi connectivity index (χ0n) is 14.9. The van der Waals surface area contributed by atoms with E-state index in [9.17, 15) is 4.79 Å². The standard InChI is InChI=1S/C21H23N3O2/c1-16-14-24(8-9-26-16)15-19-6-2-5-18(10-19)13-23-21(25)20-7-3-4-17(11-20)12-22/h2-7,10-11,16H,8-9,13-15H2,1H3,(H,23,25). The topological polar surface area (TPSA) is 65.4 Å². The van der Waals surface area contributed by atoms with Gasteiger partial charge in [-0.15, -0.1) is 0 Å². The van der Waals surface area contributed by atoms with E-state index in [1.165, 1.54) is 5.56 Å². The van der Waals surface area contributed by atoms with E-state index in [0.717, 1.165) is 31.8 Å². The maximum atomic E-state index is 12.3. The summed E-state index contributed by atoms with van der Waals surface area (Å²) in [7, 11) is 0. The Morgan fingerprint density at radius 3 is 2.88 bits per heavy atom. The average molecular weight is 349 g/mol. The molecule has 0 aromatic heterocycles. The van der Waals surface area contributed by atoms with Crippen molar-refractivity contribution < 1.29 is 9.53 Å². The Balaban J connectivity index is 1.58. The van der Waals surface area contributed by atoms with Gasteiger partial charge in [0.15, 0.2) is 0 Å². The van der Waals surface area contributed by atoms with Crippen LogP contribution in [0.5, 0.6) is 0 Å². The summed E-state index contributed by atoms with van der Waals surface area (Å²) in [4.78, 5) is 14.7. The molecule has 3 rings (SSSR count). The maximum absolute atomic E-state index is 12.3. The number of rotatable bonds is 5. The Hall–Kier alpha value is -2.68. The van der Waals surface area contributed by atoms with Gasteiger partial charge in [0.05, 0.1) is 24.3 Å². The summed E-state index contributed by atoms with van der Waals surface area (Å²) in [5.74, 6) is -0.172. The number of ether oxygens (including phenoxy) is 1. The summed E-state index contributed by atoms with van der Waals surface area (Å²) in [6.45, 7) is 6.11. The fourth-order valence-electron chi connectivity index (χ4n) is 3.14. The second kappa shape index (κ2) is 8.61. The van der Waals surface area contributed by atoms with Gasteiger partial charge in [-0.2, -0.15) is 5.26 Å². The molecular formula is C21H23N3O2. The van der Waals surface area contributed by atoms with Crippen LogP contribution in [0.1, 0.15) is 34.0 Å². The molecule has 2 aromatic carbocycles. The second-order valence-corrected chi connectivity index (χ2v) is 6.61. The van der Waals surface area contributed by atoms with E-state index >= 15 is 0 Å². The average Bonchev–Trinajstić information content (AvgIpc) is 2.66. The molecule has 1 unspecified atom stereocenters. The van der Waals surface area contributed by atoms with Crippen molar-refractivity contribution in [3.05, 3.63) is 70.8 Å². The van der Waals surface area contributed by atoms with Crippen molar-refractivity contribution in [2.24, 2.45) is 0 Å². The van der Waals surface area contributed by atoms with Crippen molar-refractivity contribution in [2.75, 3.05) is 19.7 Å². The Morgan fingerprint density at radius 1 is 1.27 bits per heavy atom. The molecule has 1 heterocycles. The number of benzene rings is 2. The van der Waals surface area contributed by atoms with E-state index in [1.54, 1.807) is 24.3 Å². The Kier molecular flexibility index (Phi) is 6.00. The highest BCUT2D eigenvalue weighted by molar-refractivity contribution is 5.94. The van der Waals surface area contributed by atoms with Gasteiger partial charge in [-0.3, -0.25) is 9.69 Å². The normalized spacial score (nSPS) is 17.5. The number of amides is 1. The molecule has 1 fully saturated rings. The first-order chi connectivity index (χ1) is 12.6. The molecular weight excluding hydrogens is 326 g/mol. The summed E-state index contributed by atoms with van der Waals surface area (Å²) in [5, 5.41) is 11.9. The number of carbonyl (C=O) groups excluding carboxylic acids is 1. The molecule has 26 heavy (non-hydrogen) atoms. The molecule has 1 atom stereocenters. The minimum absolute atomic E-state index is 0.172. The van der Waals surface area contributed by atoms with Gasteiger partial charge in [0.1, 0.15) is 0 Å². The lowest BCUT2D eigenvalue weighted by Gasteiger charge is -2.31. The highest BCUT2D eigenvalue weighted by atomic mass is 16.5. The lowest BCUT2D eigenvalue weighted by Crippen LogP contribution is -2.40. The fourth-order valence-corrected chi connectivity index (χ4v) is 3.14. The molecule has 1 saturated heterocycles. The van der Waals surface area contributed by atoms with Gasteiger partial charge in [-0.05, 0) is 36.2 Å². The fraction of sp³-hybridized carbons (Fsp3) is 0.333. The van der Waals surface area contributed by atoms with Crippen LogP contribution in [0.25, 0.3) is 0 Å². The third kappa shape index (κ3) is 4.92. The number of morpholine rings is 1. The second-order valence-electron chi connectivity index (χ2n) is 6.61. The first-order valence-electron chi connectivity index (χ1n) is 8.84. The third-order valence-electron chi connectivity index (χ3n) is 4.43. The van der Waals surface area contributed by atoms with E-state index in [2.05, 4.69) is 35.3 Å². The first-order valence-corrected chi connectivity index (χ1v) is 8.84. The molecule has 5 heteroatoms. The van der Waals surface area contributed by atoms with E-state index < -0.39 is 0 Å². The van der Waals surface area contributed by atoms with Gasteiger partial charge in [0.25, 0.3) is 5.91 Å². The Bertz CT molecular complexity index is 813. The van der Waals surface area contributed by atoms with Gasteiger partial charge >= 0.3 is 0 Å². The molecule has 2 aromatic rings. The summed E-state index contributed by atoms with van der Waals surface area (Å²) < 4.78 is 5.58. The molecule has 1 amide bonds. The molecule has 0 spiro atoms. The van der Waals surface area contributed by atoms with E-state index in [1.807, 2.05) is 12.1 Å². The largest absolute Gasteiger partial charge is 0.376 e. The number of carbonyl (C=O) groups is 1. The van der Waals surface area contributed by atoms with E-state index in [0.29, 0.717) is 17.7 Å². The van der Waals surface area contributed by atoms with Crippen LogP contribution in [0.2, 0.25) is 0 Å². The van der Waals surface area contributed by atoms with Crippen molar-refractivity contribution >= 4 is 5.91 Å². The molecule has 0 bridgehead atoms. The molecule has 0 aliphatic carbocycles. The van der Waals surface area contributed by atoms with Crippen LogP contribution in [0.4, 0.5) is 0 Å². The highest BCUT2D eigenvalue weighted by Gasteiger charge is 2.16. The van der Waals surface area contributed by atoms with Gasteiger partial charge in [-0.1, -0.05) is 30.3 Å². The van der Waals surface area contributed by atoms with Gasteiger partial charge in [0, 0.05) is 31.7 Å². The van der Waals surface area contributed by atoms with E-state index in [-0.39, 0.29) is 12.0 Å². The zero-order valence-corrected chi connectivity index (χ0v) is 14.9. The van der Waals surface area contributed by atoms with Crippen LogP contribution in [0.15, 0.2) is 48.5 Å². The number of nitriles is 1. The Labute approximate surface area is 154 Å². The van der Waals surface area contributed by atoms with Gasteiger partial charge < -0.3 is 10.1 Å². The summed E-state index contributed by atoms with van der Waals surface area (Å²) >= 11 is 0. The summed E-state index contributed by atoms with van der Waals surface area (Å²) in [6, 6.07) is 17.1. The van der Waals surface area contributed by atoms with Crippen molar-refractivity contribution in [1.29, 1.82) is 5.26 Å². The quantitative estimate of drug-likeness (QED) is 0.901. The number of nitrogens with zero attached hydrogens (tertiary/aromatic N) is 2. The smallest absolute Gasteiger partial charge is 0.251 e. The van der Waals surface area contributed by atoms with Crippen LogP contribution in [-0.2, 0) is 17.8 Å². The van der Waals surface area contributed by atoms with E-state index in [4.69, 9.17) is 10.00 Å². The lowest BCUT2D eigenvalue weighted by atomic mass is 10.1. The van der Waals surface area contributed by atoms with Crippen molar-refractivity contribution in [1.82, 2.24) is 10.2 Å². The highest BCUT2D eigenvalue weighted by Crippen LogP contribution is 2.12. The molecule has 1 aliphatic heterocycles. The predicted molar refractivity (Wildman–Crippen MR) is 99.5 cm³/mol. The minimum Gasteiger partial charge on any atom is -0.376 e. The van der Waals surface area contributed by atoms with Crippen molar-refractivity contribution in [3.63, 3.8) is 0 Å². The summed E-state index contributed by atoms with van der Waals surface area (Å²) in [6.07, 6.45) is 0.274. The van der Waals surface area contributed by atoms with Crippen LogP contribution in [0, 0.1) is 11.3 Å². The summed E-state index contributed by atoms with van der Waals surface area (Å²) in [5.41, 5.74) is 3.29. The maximum Gasteiger partial charge on any atom is 0.251 e. The van der Waals surface area contributed by atoms with Crippen molar-refractivity contribution in [2.45, 2.75) is 26.1 Å². The first kappa shape index (κ1) is 18.1. The molecule has 0 saturated carbocycles. The SMILES string of the molecule is CC1CN(Cc2cccc(CNC(=O)c3cccc(C#N)c3)c2)CCO1. The predicted octanol–water partition coefficient (Wildman–Crippen LogP) is 2.71. The lowest BCUT2D eigenvalue weighted by molar-refractivity contribution is -0.0212. The van der Waals surface area contributed by atoms with Crippen LogP contribution in [0.3, 0.4) is 0 Å². The van der Waals surface area contributed by atoms with Gasteiger partial charge in [-0.25, -0.2) is 0 Å². The third-order valence-corrected chi connectivity index (χ3v) is 4.43. The zero-order chi connectivity index (χ0) is 18.4. The molecule has 0 radical (unpaired) electrons. The monoisotopic (exact) mass is 349 g/mol. The minimum atomic E-state index is -0.172. The van der Waals surface area contributed by atoms with Crippen LogP contribution >= 0.6 is 0 Å². The molecule has 1 aliphatic rings.